The number of hydrogen-bond donors (Lipinski definition) is 1. The van der Waals surface area contributed by atoms with Gasteiger partial charge in [0, 0.05) is 18.5 Å². The second-order valence-electron chi connectivity index (χ2n) is 8.09. The number of urea groups is 1. The second kappa shape index (κ2) is 11.5. The molecule has 0 unspecified atom stereocenters. The Morgan fingerprint density at radius 1 is 1.00 bits per heavy atom. The van der Waals surface area contributed by atoms with Gasteiger partial charge in [-0.3, -0.25) is 19.3 Å². The number of hydrogen-bond acceptors (Lipinski definition) is 6. The summed E-state index contributed by atoms with van der Waals surface area (Å²) >= 11 is 0. The molecule has 0 aliphatic carbocycles. The maximum atomic E-state index is 12.3. The van der Waals surface area contributed by atoms with Crippen molar-refractivity contribution >= 4 is 23.7 Å². The molecule has 8 heteroatoms. The van der Waals surface area contributed by atoms with E-state index < -0.39 is 17.5 Å². The van der Waals surface area contributed by atoms with Crippen LogP contribution in [0.15, 0.2) is 24.3 Å². The molecule has 1 fully saturated rings. The zero-order valence-electron chi connectivity index (χ0n) is 18.6. The van der Waals surface area contributed by atoms with Crippen LogP contribution < -0.4 is 10.1 Å². The van der Waals surface area contributed by atoms with Gasteiger partial charge in [0.1, 0.15) is 11.3 Å². The fraction of sp³-hybridized carbons (Fsp3) is 0.565. The van der Waals surface area contributed by atoms with E-state index in [0.717, 1.165) is 29.9 Å². The first kappa shape index (κ1) is 24.4. The normalized spacial score (nSPS) is 15.0. The van der Waals surface area contributed by atoms with Gasteiger partial charge in [0.2, 0.25) is 0 Å². The highest BCUT2D eigenvalue weighted by Crippen LogP contribution is 2.17. The van der Waals surface area contributed by atoms with Crippen molar-refractivity contribution in [3.63, 3.8) is 0 Å². The third kappa shape index (κ3) is 7.38. The van der Waals surface area contributed by atoms with Crippen LogP contribution >= 0.6 is 0 Å². The van der Waals surface area contributed by atoms with E-state index in [1.165, 1.54) is 0 Å². The Labute approximate surface area is 183 Å². The van der Waals surface area contributed by atoms with Crippen LogP contribution in [0, 0.1) is 0 Å². The molecule has 31 heavy (non-hydrogen) atoms. The molecule has 0 saturated carbocycles. The minimum absolute atomic E-state index is 0.0235. The predicted molar refractivity (Wildman–Crippen MR) is 115 cm³/mol. The van der Waals surface area contributed by atoms with Gasteiger partial charge >= 0.3 is 12.0 Å². The number of ketones is 1. The Hall–Kier alpha value is -2.90. The zero-order chi connectivity index (χ0) is 22.9. The summed E-state index contributed by atoms with van der Waals surface area (Å²) in [5, 5.41) is 2.59. The van der Waals surface area contributed by atoms with Crippen LogP contribution in [0.5, 0.6) is 5.75 Å². The first-order valence-corrected chi connectivity index (χ1v) is 10.8. The molecule has 170 valence electrons. The largest absolute Gasteiger partial charge is 0.494 e. The molecule has 1 N–H and O–H groups in total. The fourth-order valence-electron chi connectivity index (χ4n) is 3.14. The zero-order valence-corrected chi connectivity index (χ0v) is 18.6. The molecular formula is C23H32N2O6. The molecule has 1 aliphatic rings. The highest BCUT2D eigenvalue weighted by atomic mass is 16.5. The molecule has 8 nitrogen and oxygen atoms in total. The number of Topliss-reactive ketones (excluding diaryl/α,β-unsaturated/α-hetero) is 1. The number of esters is 1. The number of ether oxygens (including phenoxy) is 2. The molecule has 1 aliphatic heterocycles. The molecule has 1 aromatic rings. The average Bonchev–Trinajstić information content (AvgIpc) is 2.94. The molecule has 3 amide bonds. The van der Waals surface area contributed by atoms with E-state index in [2.05, 4.69) is 12.2 Å². The van der Waals surface area contributed by atoms with Crippen LogP contribution in [-0.4, -0.2) is 53.9 Å². The number of imide groups is 1. The van der Waals surface area contributed by atoms with Gasteiger partial charge in [-0.25, -0.2) is 4.79 Å². The van der Waals surface area contributed by atoms with E-state index in [1.54, 1.807) is 38.1 Å². The minimum Gasteiger partial charge on any atom is -0.494 e. The lowest BCUT2D eigenvalue weighted by molar-refractivity contribution is -0.143. The monoisotopic (exact) mass is 432 g/mol. The van der Waals surface area contributed by atoms with Crippen molar-refractivity contribution in [3.05, 3.63) is 29.8 Å². The van der Waals surface area contributed by atoms with Gasteiger partial charge in [0.05, 0.1) is 19.6 Å². The van der Waals surface area contributed by atoms with Gasteiger partial charge in [0.25, 0.3) is 5.91 Å². The molecule has 1 heterocycles. The molecule has 1 aromatic carbocycles. The highest BCUT2D eigenvalue weighted by Gasteiger charge is 2.43. The van der Waals surface area contributed by atoms with E-state index in [4.69, 9.17) is 9.47 Å². The van der Waals surface area contributed by atoms with Gasteiger partial charge in [-0.2, -0.15) is 0 Å². The van der Waals surface area contributed by atoms with Gasteiger partial charge in [-0.1, -0.05) is 19.8 Å². The summed E-state index contributed by atoms with van der Waals surface area (Å²) in [7, 11) is 0. The fourth-order valence-corrected chi connectivity index (χ4v) is 3.14. The minimum atomic E-state index is -0.909. The number of benzene rings is 1. The van der Waals surface area contributed by atoms with Crippen molar-refractivity contribution < 1.29 is 28.7 Å². The highest BCUT2D eigenvalue weighted by molar-refractivity contribution is 6.06. The summed E-state index contributed by atoms with van der Waals surface area (Å²) in [6.07, 6.45) is 3.62. The van der Waals surface area contributed by atoms with E-state index in [9.17, 15) is 19.2 Å². The first-order chi connectivity index (χ1) is 14.7. The Morgan fingerprint density at radius 3 is 2.32 bits per heavy atom. The van der Waals surface area contributed by atoms with Crippen molar-refractivity contribution in [2.75, 3.05) is 19.8 Å². The maximum absolute atomic E-state index is 12.3. The third-order valence-corrected chi connectivity index (χ3v) is 4.98. The van der Waals surface area contributed by atoms with E-state index in [0.29, 0.717) is 18.6 Å². The number of nitrogens with zero attached hydrogens (tertiary/aromatic N) is 1. The van der Waals surface area contributed by atoms with E-state index in [1.807, 2.05) is 0 Å². The number of carbonyl (C=O) groups is 4. The smallest absolute Gasteiger partial charge is 0.325 e. The average molecular weight is 433 g/mol. The summed E-state index contributed by atoms with van der Waals surface area (Å²) < 4.78 is 10.7. The van der Waals surface area contributed by atoms with E-state index >= 15 is 0 Å². The van der Waals surface area contributed by atoms with Crippen LogP contribution in [0.2, 0.25) is 0 Å². The van der Waals surface area contributed by atoms with Crippen molar-refractivity contribution in [1.82, 2.24) is 10.2 Å². The van der Waals surface area contributed by atoms with Crippen LogP contribution in [0.4, 0.5) is 4.79 Å². The lowest BCUT2D eigenvalue weighted by atomic mass is 10.1. The Bertz CT molecular complexity index is 788. The number of unbranched alkanes of at least 4 members (excludes halogenated alkanes) is 2. The number of nitrogens with one attached hydrogen (secondary N) is 1. The summed E-state index contributed by atoms with van der Waals surface area (Å²) in [6, 6.07) is 6.47. The van der Waals surface area contributed by atoms with Crippen molar-refractivity contribution in [1.29, 1.82) is 0 Å². The predicted octanol–water partition coefficient (Wildman–Crippen LogP) is 3.48. The van der Waals surface area contributed by atoms with Gasteiger partial charge < -0.3 is 14.8 Å². The van der Waals surface area contributed by atoms with Crippen LogP contribution in [-0.2, 0) is 14.3 Å². The lowest BCUT2D eigenvalue weighted by Gasteiger charge is -2.15. The van der Waals surface area contributed by atoms with Crippen LogP contribution in [0.3, 0.4) is 0 Å². The standard InChI is InChI=1S/C23H32N2O6/c1-4-5-6-15-30-18-10-8-17(9-11-18)19(26)12-13-20(27)31-16-7-14-25-21(28)23(2,3)24-22(25)29/h8-11H,4-7,12-16H2,1-3H3,(H,24,29). The Morgan fingerprint density at radius 2 is 1.71 bits per heavy atom. The molecule has 0 aromatic heterocycles. The van der Waals surface area contributed by atoms with Gasteiger partial charge in [-0.15, -0.1) is 0 Å². The maximum Gasteiger partial charge on any atom is 0.325 e. The molecule has 1 saturated heterocycles. The first-order valence-electron chi connectivity index (χ1n) is 10.8. The van der Waals surface area contributed by atoms with Crippen molar-refractivity contribution in [3.8, 4) is 5.75 Å². The molecule has 0 radical (unpaired) electrons. The third-order valence-electron chi connectivity index (χ3n) is 4.98. The van der Waals surface area contributed by atoms with Crippen LogP contribution in [0.25, 0.3) is 0 Å². The van der Waals surface area contributed by atoms with Crippen molar-refractivity contribution in [2.45, 2.75) is 64.8 Å². The van der Waals surface area contributed by atoms with Crippen molar-refractivity contribution in [2.24, 2.45) is 0 Å². The Kier molecular flexibility index (Phi) is 9.03. The van der Waals surface area contributed by atoms with Crippen LogP contribution in [0.1, 0.15) is 69.7 Å². The number of rotatable bonds is 13. The summed E-state index contributed by atoms with van der Waals surface area (Å²) in [5.41, 5.74) is -0.386. The molecule has 0 bridgehead atoms. The van der Waals surface area contributed by atoms with Gasteiger partial charge in [0.15, 0.2) is 5.78 Å². The van der Waals surface area contributed by atoms with E-state index in [-0.39, 0.29) is 37.7 Å². The summed E-state index contributed by atoms with van der Waals surface area (Å²) in [6.45, 7) is 6.31. The van der Waals surface area contributed by atoms with Gasteiger partial charge in [-0.05, 0) is 51.0 Å². The molecular weight excluding hydrogens is 400 g/mol. The molecule has 0 atom stereocenters. The summed E-state index contributed by atoms with van der Waals surface area (Å²) in [5.74, 6) is -0.203. The summed E-state index contributed by atoms with van der Waals surface area (Å²) in [4.78, 5) is 49.1. The number of carbonyl (C=O) groups excluding carboxylic acids is 4. The lowest BCUT2D eigenvalue weighted by Crippen LogP contribution is -2.40. The SMILES string of the molecule is CCCCCOc1ccc(C(=O)CCC(=O)OCCCN2C(=O)NC(C)(C)C2=O)cc1. The topological polar surface area (TPSA) is 102 Å². The number of amides is 3. The molecule has 0 spiro atoms. The second-order valence-corrected chi connectivity index (χ2v) is 8.09. The Balaban J connectivity index is 1.64. The quantitative estimate of drug-likeness (QED) is 0.222. The molecule has 2 rings (SSSR count).